The lowest BCUT2D eigenvalue weighted by Gasteiger charge is -2.33. The number of rotatable bonds is 6. The van der Waals surface area contributed by atoms with Crippen LogP contribution < -0.4 is 9.80 Å². The van der Waals surface area contributed by atoms with Crippen molar-refractivity contribution in [2.24, 2.45) is 4.99 Å². The molecule has 0 saturated carbocycles. The molecule has 1 aliphatic rings. The molecule has 1 aliphatic heterocycles. The Hall–Kier alpha value is -3.51. The van der Waals surface area contributed by atoms with Crippen LogP contribution in [0.4, 0.5) is 17.1 Å². The van der Waals surface area contributed by atoms with E-state index in [2.05, 4.69) is 52.4 Å². The van der Waals surface area contributed by atoms with Crippen LogP contribution >= 0.6 is 0 Å². The van der Waals surface area contributed by atoms with E-state index in [0.717, 1.165) is 44.0 Å². The van der Waals surface area contributed by atoms with Crippen molar-refractivity contribution in [3.63, 3.8) is 0 Å². The number of hydrogen-bond donors (Lipinski definition) is 1. The van der Waals surface area contributed by atoms with Crippen LogP contribution in [0.25, 0.3) is 0 Å². The Morgan fingerprint density at radius 3 is 2.23 bits per heavy atom. The topological polar surface area (TPSA) is 63.2 Å². The molecular weight excluding hydrogens is 376 g/mol. The average molecular weight is 401 g/mol. The van der Waals surface area contributed by atoms with Crippen molar-refractivity contribution >= 4 is 23.3 Å². The van der Waals surface area contributed by atoms with Crippen LogP contribution in [-0.2, 0) is 6.54 Å². The zero-order valence-electron chi connectivity index (χ0n) is 16.8. The highest BCUT2D eigenvalue weighted by molar-refractivity contribution is 5.82. The molecule has 1 fully saturated rings. The van der Waals surface area contributed by atoms with Gasteiger partial charge in [0.2, 0.25) is 0 Å². The van der Waals surface area contributed by atoms with Crippen LogP contribution in [0, 0.1) is 10.1 Å². The van der Waals surface area contributed by atoms with Gasteiger partial charge in [0, 0.05) is 29.6 Å². The second-order valence-corrected chi connectivity index (χ2v) is 7.52. The zero-order valence-corrected chi connectivity index (χ0v) is 16.8. The summed E-state index contributed by atoms with van der Waals surface area (Å²) in [5, 5.41) is 10.7. The van der Waals surface area contributed by atoms with E-state index in [1.165, 1.54) is 23.4 Å². The van der Waals surface area contributed by atoms with Crippen molar-refractivity contribution in [2.45, 2.75) is 6.54 Å². The molecule has 0 aliphatic carbocycles. The summed E-state index contributed by atoms with van der Waals surface area (Å²) in [6.07, 6.45) is 1.73. The molecule has 0 bridgehead atoms. The first-order valence-electron chi connectivity index (χ1n) is 10.2. The predicted octanol–water partition coefficient (Wildman–Crippen LogP) is 3.25. The normalized spacial score (nSPS) is 14.9. The summed E-state index contributed by atoms with van der Waals surface area (Å²) in [5.41, 5.74) is 4.41. The first kappa shape index (κ1) is 19.8. The van der Waals surface area contributed by atoms with E-state index in [1.54, 1.807) is 23.2 Å². The van der Waals surface area contributed by atoms with Gasteiger partial charge in [-0.3, -0.25) is 15.1 Å². The van der Waals surface area contributed by atoms with Gasteiger partial charge in [-0.1, -0.05) is 30.3 Å². The Labute approximate surface area is 176 Å². The van der Waals surface area contributed by atoms with E-state index in [-0.39, 0.29) is 5.69 Å². The minimum atomic E-state index is -0.400. The van der Waals surface area contributed by atoms with Crippen LogP contribution in [0.15, 0.2) is 83.9 Å². The predicted molar refractivity (Wildman–Crippen MR) is 120 cm³/mol. The van der Waals surface area contributed by atoms with Gasteiger partial charge < -0.3 is 9.80 Å². The third kappa shape index (κ3) is 5.10. The second-order valence-electron chi connectivity index (χ2n) is 7.52. The molecule has 3 aromatic carbocycles. The smallest absolute Gasteiger partial charge is 0.269 e. The molecule has 0 atom stereocenters. The van der Waals surface area contributed by atoms with Gasteiger partial charge >= 0.3 is 0 Å². The summed E-state index contributed by atoms with van der Waals surface area (Å²) in [4.78, 5) is 18.9. The molecular formula is C24H25N4O2+. The molecule has 30 heavy (non-hydrogen) atoms. The largest absolute Gasteiger partial charge is 0.360 e. The number of nitro groups is 1. The lowest BCUT2D eigenvalue weighted by Crippen LogP contribution is -3.13. The maximum Gasteiger partial charge on any atom is 0.269 e. The molecule has 0 aromatic heterocycles. The van der Waals surface area contributed by atoms with Gasteiger partial charge in [-0.05, 0) is 42.0 Å². The standard InChI is InChI=1S/C24H24N4O2/c29-28(30)24-10-6-20(7-11-24)18-25-22-8-12-23(13-9-22)27-16-14-26(15-17-27)19-21-4-2-1-3-5-21/h1-13,18H,14-17,19H2/p+1. The molecule has 1 saturated heterocycles. The Balaban J connectivity index is 1.31. The number of nitrogens with zero attached hydrogens (tertiary/aromatic N) is 3. The molecule has 4 rings (SSSR count). The van der Waals surface area contributed by atoms with E-state index in [9.17, 15) is 10.1 Å². The van der Waals surface area contributed by atoms with Crippen LogP contribution in [0.1, 0.15) is 11.1 Å². The van der Waals surface area contributed by atoms with E-state index >= 15 is 0 Å². The van der Waals surface area contributed by atoms with Crippen molar-refractivity contribution in [1.82, 2.24) is 0 Å². The Bertz CT molecular complexity index is 994. The number of non-ortho nitro benzene ring substituents is 1. The number of aliphatic imine (C=N–C) groups is 1. The number of nitro benzene ring substituents is 1. The first-order chi connectivity index (χ1) is 14.7. The molecule has 152 valence electrons. The number of quaternary nitrogens is 1. The van der Waals surface area contributed by atoms with Gasteiger partial charge in [0.1, 0.15) is 6.54 Å². The Morgan fingerprint density at radius 2 is 1.60 bits per heavy atom. The lowest BCUT2D eigenvalue weighted by atomic mass is 10.2. The van der Waals surface area contributed by atoms with E-state index in [4.69, 9.17) is 0 Å². The highest BCUT2D eigenvalue weighted by Crippen LogP contribution is 2.20. The summed E-state index contributed by atoms with van der Waals surface area (Å²) < 4.78 is 0. The molecule has 1 heterocycles. The highest BCUT2D eigenvalue weighted by atomic mass is 16.6. The van der Waals surface area contributed by atoms with Crippen molar-refractivity contribution < 1.29 is 9.82 Å². The fourth-order valence-corrected chi connectivity index (χ4v) is 3.72. The van der Waals surface area contributed by atoms with Gasteiger partial charge in [-0.15, -0.1) is 0 Å². The third-order valence-electron chi connectivity index (χ3n) is 5.45. The second kappa shape index (κ2) is 9.33. The summed E-state index contributed by atoms with van der Waals surface area (Å²) in [6.45, 7) is 5.45. The lowest BCUT2D eigenvalue weighted by molar-refractivity contribution is -0.914. The van der Waals surface area contributed by atoms with Gasteiger partial charge in [-0.25, -0.2) is 0 Å². The van der Waals surface area contributed by atoms with Crippen molar-refractivity contribution in [3.05, 3.63) is 100 Å². The third-order valence-corrected chi connectivity index (χ3v) is 5.45. The van der Waals surface area contributed by atoms with Crippen LogP contribution in [0.2, 0.25) is 0 Å². The Morgan fingerprint density at radius 1 is 0.933 bits per heavy atom. The van der Waals surface area contributed by atoms with Gasteiger partial charge in [0.15, 0.2) is 0 Å². The highest BCUT2D eigenvalue weighted by Gasteiger charge is 2.20. The molecule has 0 amide bonds. The van der Waals surface area contributed by atoms with Crippen LogP contribution in [0.5, 0.6) is 0 Å². The van der Waals surface area contributed by atoms with Crippen molar-refractivity contribution in [1.29, 1.82) is 0 Å². The molecule has 6 heteroatoms. The SMILES string of the molecule is O=[N+]([O-])c1ccc(C=Nc2ccc(N3CC[NH+](Cc4ccccc4)CC3)cc2)cc1. The van der Waals surface area contributed by atoms with Gasteiger partial charge in [0.25, 0.3) is 5.69 Å². The fraction of sp³-hybridized carbons (Fsp3) is 0.208. The van der Waals surface area contributed by atoms with Crippen LogP contribution in [0.3, 0.4) is 0 Å². The molecule has 0 radical (unpaired) electrons. The minimum absolute atomic E-state index is 0.0854. The molecule has 6 nitrogen and oxygen atoms in total. The van der Waals surface area contributed by atoms with E-state index < -0.39 is 4.92 Å². The zero-order chi connectivity index (χ0) is 20.8. The number of nitrogens with one attached hydrogen (secondary N) is 1. The fourth-order valence-electron chi connectivity index (χ4n) is 3.72. The average Bonchev–Trinajstić information content (AvgIpc) is 2.79. The molecule has 0 spiro atoms. The molecule has 1 N–H and O–H groups in total. The van der Waals surface area contributed by atoms with E-state index in [1.807, 2.05) is 12.1 Å². The van der Waals surface area contributed by atoms with Crippen molar-refractivity contribution in [2.75, 3.05) is 31.1 Å². The maximum absolute atomic E-state index is 10.7. The summed E-state index contributed by atoms with van der Waals surface area (Å²) in [5.74, 6) is 0. The quantitative estimate of drug-likeness (QED) is 0.392. The number of piperazine rings is 1. The van der Waals surface area contributed by atoms with Gasteiger partial charge in [0.05, 0.1) is 36.8 Å². The van der Waals surface area contributed by atoms with Gasteiger partial charge in [-0.2, -0.15) is 0 Å². The monoisotopic (exact) mass is 401 g/mol. The summed E-state index contributed by atoms with van der Waals surface area (Å²) in [7, 11) is 0. The number of benzene rings is 3. The number of hydrogen-bond acceptors (Lipinski definition) is 4. The van der Waals surface area contributed by atoms with Crippen molar-refractivity contribution in [3.8, 4) is 0 Å². The Kier molecular flexibility index (Phi) is 6.15. The molecule has 0 unspecified atom stereocenters. The summed E-state index contributed by atoms with van der Waals surface area (Å²) in [6, 6.07) is 25.3. The first-order valence-corrected chi connectivity index (χ1v) is 10.2. The van der Waals surface area contributed by atoms with Crippen LogP contribution in [-0.4, -0.2) is 37.3 Å². The minimum Gasteiger partial charge on any atom is -0.360 e. The van der Waals surface area contributed by atoms with E-state index in [0.29, 0.717) is 0 Å². The number of anilines is 1. The summed E-state index contributed by atoms with van der Waals surface area (Å²) >= 11 is 0. The maximum atomic E-state index is 10.7. The molecule has 3 aromatic rings.